The van der Waals surface area contributed by atoms with Crippen molar-refractivity contribution < 1.29 is 18.6 Å². The van der Waals surface area contributed by atoms with Crippen molar-refractivity contribution in [2.75, 3.05) is 27.4 Å². The van der Waals surface area contributed by atoms with Gasteiger partial charge in [-0.3, -0.25) is 9.69 Å². The molecule has 1 fully saturated rings. The first-order chi connectivity index (χ1) is 18.3. The fourth-order valence-corrected chi connectivity index (χ4v) is 5.01. The quantitative estimate of drug-likeness (QED) is 0.351. The molecule has 3 aromatic heterocycles. The first kappa shape index (κ1) is 25.9. The molecule has 0 saturated carbocycles. The Kier molecular flexibility index (Phi) is 7.22. The molecule has 1 aliphatic heterocycles. The van der Waals surface area contributed by atoms with E-state index in [9.17, 15) is 4.79 Å². The maximum atomic E-state index is 13.7. The number of hydrogen-bond acceptors (Lipinski definition) is 9. The third-order valence-corrected chi connectivity index (χ3v) is 6.81. The highest BCUT2D eigenvalue weighted by atomic mass is 16.5. The molecule has 202 valence electrons. The molecule has 1 aliphatic rings. The van der Waals surface area contributed by atoms with Crippen LogP contribution in [0.2, 0.25) is 0 Å². The minimum atomic E-state index is -0.584. The summed E-state index contributed by atoms with van der Waals surface area (Å²) in [4.78, 5) is 19.0. The van der Waals surface area contributed by atoms with Gasteiger partial charge < -0.3 is 23.6 Å². The molecule has 1 aromatic carbocycles. The molecule has 5 rings (SSSR count). The highest BCUT2D eigenvalue weighted by Gasteiger charge is 2.35. The van der Waals surface area contributed by atoms with Crippen LogP contribution >= 0.6 is 0 Å². The summed E-state index contributed by atoms with van der Waals surface area (Å²) < 4.78 is 24.5. The van der Waals surface area contributed by atoms with Gasteiger partial charge in [0.1, 0.15) is 11.8 Å². The average Bonchev–Trinajstić information content (AvgIpc) is 3.67. The lowest BCUT2D eigenvalue weighted by molar-refractivity contribution is 0.0536. The number of ether oxygens (including phenoxy) is 3. The van der Waals surface area contributed by atoms with Crippen molar-refractivity contribution in [2.45, 2.75) is 57.8 Å². The summed E-state index contributed by atoms with van der Waals surface area (Å²) in [5.41, 5.74) is 0.490. The first-order valence-corrected chi connectivity index (χ1v) is 12.7. The van der Waals surface area contributed by atoms with Gasteiger partial charge in [-0.05, 0) is 68.3 Å². The summed E-state index contributed by atoms with van der Waals surface area (Å²) in [6, 6.07) is 8.70. The van der Waals surface area contributed by atoms with E-state index in [1.807, 2.05) is 45.0 Å². The monoisotopic (exact) mass is 522 g/mol. The number of aromatic nitrogens is 5. The Morgan fingerprint density at radius 2 is 2.00 bits per heavy atom. The normalized spacial score (nSPS) is 16.8. The van der Waals surface area contributed by atoms with Gasteiger partial charge in [0, 0.05) is 30.2 Å². The van der Waals surface area contributed by atoms with E-state index >= 15 is 0 Å². The molecular formula is C27H34N6O5. The van der Waals surface area contributed by atoms with Gasteiger partial charge in [-0.15, -0.1) is 5.10 Å². The summed E-state index contributed by atoms with van der Waals surface area (Å²) >= 11 is 0. The Balaban J connectivity index is 1.70. The van der Waals surface area contributed by atoms with Crippen LogP contribution in [0.5, 0.6) is 11.5 Å². The fourth-order valence-electron chi connectivity index (χ4n) is 5.01. The molecule has 0 aliphatic carbocycles. The number of rotatable bonds is 9. The van der Waals surface area contributed by atoms with Crippen LogP contribution in [0.4, 0.5) is 0 Å². The van der Waals surface area contributed by atoms with E-state index in [4.69, 9.17) is 18.6 Å². The summed E-state index contributed by atoms with van der Waals surface area (Å²) in [6.07, 6.45) is 3.62. The maximum absolute atomic E-state index is 13.7. The van der Waals surface area contributed by atoms with E-state index in [-0.39, 0.29) is 11.7 Å². The van der Waals surface area contributed by atoms with Crippen molar-refractivity contribution in [1.29, 1.82) is 0 Å². The molecule has 11 heteroatoms. The van der Waals surface area contributed by atoms with Crippen molar-refractivity contribution in [2.24, 2.45) is 0 Å². The maximum Gasteiger partial charge on any atom is 0.253 e. The van der Waals surface area contributed by atoms with E-state index < -0.39 is 11.6 Å². The van der Waals surface area contributed by atoms with Crippen molar-refractivity contribution in [3.63, 3.8) is 0 Å². The lowest BCUT2D eigenvalue weighted by Crippen LogP contribution is -2.40. The standard InChI is InChI=1S/C27H34N6O5/c1-27(2,3)33-25(29-30-31-33)24(32(15-18-8-6-10-37-18)16-19-9-7-11-38-19)20-12-17-13-22(35-4)23(36-5)14-21(17)28-26(20)34/h6,8,10,12-14,19,24H,7,9,11,15-16H2,1-5H3,(H,28,34)/t19-,24+/m0/s1. The smallest absolute Gasteiger partial charge is 0.253 e. The Morgan fingerprint density at radius 3 is 2.66 bits per heavy atom. The zero-order chi connectivity index (χ0) is 26.9. The minimum Gasteiger partial charge on any atom is -0.493 e. The van der Waals surface area contributed by atoms with Crippen LogP contribution < -0.4 is 15.0 Å². The molecule has 0 radical (unpaired) electrons. The number of nitrogens with one attached hydrogen (secondary N) is 1. The second kappa shape index (κ2) is 10.6. The summed E-state index contributed by atoms with van der Waals surface area (Å²) in [6.45, 7) is 7.83. The van der Waals surface area contributed by atoms with Crippen LogP contribution in [-0.4, -0.2) is 63.6 Å². The summed E-state index contributed by atoms with van der Waals surface area (Å²) in [7, 11) is 3.15. The molecule has 38 heavy (non-hydrogen) atoms. The van der Waals surface area contributed by atoms with Gasteiger partial charge >= 0.3 is 0 Å². The zero-order valence-corrected chi connectivity index (χ0v) is 22.4. The molecule has 4 heterocycles. The van der Waals surface area contributed by atoms with E-state index in [1.54, 1.807) is 31.2 Å². The van der Waals surface area contributed by atoms with Crippen molar-refractivity contribution >= 4 is 10.9 Å². The van der Waals surface area contributed by atoms with Crippen LogP contribution in [0.25, 0.3) is 10.9 Å². The number of fused-ring (bicyclic) bond motifs is 1. The first-order valence-electron chi connectivity index (χ1n) is 12.7. The molecule has 4 aromatic rings. The second-order valence-corrected chi connectivity index (χ2v) is 10.5. The van der Waals surface area contributed by atoms with Crippen LogP contribution in [0, 0.1) is 0 Å². The fraction of sp³-hybridized carbons (Fsp3) is 0.481. The van der Waals surface area contributed by atoms with Gasteiger partial charge in [-0.2, -0.15) is 0 Å². The number of H-pyrrole nitrogens is 1. The highest BCUT2D eigenvalue weighted by Crippen LogP contribution is 2.35. The number of pyridine rings is 1. The second-order valence-electron chi connectivity index (χ2n) is 10.5. The SMILES string of the molecule is COc1cc2cc([C@H](c3nnnn3C(C)(C)C)N(Cc3ccco3)C[C@@H]3CCCO3)c(=O)[nH]c2cc1OC. The molecule has 0 bridgehead atoms. The van der Waals surface area contributed by atoms with E-state index in [1.165, 1.54) is 0 Å². The molecule has 11 nitrogen and oxygen atoms in total. The van der Waals surface area contributed by atoms with Gasteiger partial charge in [0.2, 0.25) is 0 Å². The number of furan rings is 1. The van der Waals surface area contributed by atoms with Crippen LogP contribution in [-0.2, 0) is 16.8 Å². The molecule has 0 spiro atoms. The van der Waals surface area contributed by atoms with Crippen LogP contribution in [0.15, 0.2) is 45.8 Å². The number of aromatic amines is 1. The van der Waals surface area contributed by atoms with Crippen LogP contribution in [0.1, 0.15) is 56.8 Å². The Morgan fingerprint density at radius 1 is 1.21 bits per heavy atom. The number of hydrogen-bond donors (Lipinski definition) is 1. The van der Waals surface area contributed by atoms with Crippen molar-refractivity contribution in [1.82, 2.24) is 30.1 Å². The lowest BCUT2D eigenvalue weighted by Gasteiger charge is -2.33. The molecule has 0 unspecified atom stereocenters. The lowest BCUT2D eigenvalue weighted by atomic mass is 10.0. The third kappa shape index (κ3) is 5.16. The number of benzene rings is 1. The van der Waals surface area contributed by atoms with E-state index in [0.717, 1.165) is 30.6 Å². The van der Waals surface area contributed by atoms with Gasteiger partial charge in [0.15, 0.2) is 17.3 Å². The van der Waals surface area contributed by atoms with Gasteiger partial charge in [-0.25, -0.2) is 4.68 Å². The van der Waals surface area contributed by atoms with E-state index in [0.29, 0.717) is 41.5 Å². The summed E-state index contributed by atoms with van der Waals surface area (Å²) in [5.74, 6) is 2.44. The van der Waals surface area contributed by atoms with Gasteiger partial charge in [-0.1, -0.05) is 0 Å². The van der Waals surface area contributed by atoms with Gasteiger partial charge in [0.25, 0.3) is 5.56 Å². The van der Waals surface area contributed by atoms with Crippen molar-refractivity contribution in [3.8, 4) is 11.5 Å². The molecule has 1 N–H and O–H groups in total. The Labute approximate surface area is 220 Å². The van der Waals surface area contributed by atoms with Crippen LogP contribution in [0.3, 0.4) is 0 Å². The number of tetrazole rings is 1. The Hall–Kier alpha value is -3.70. The molecule has 0 amide bonds. The summed E-state index contributed by atoms with van der Waals surface area (Å²) in [5, 5.41) is 13.6. The Bertz CT molecular complexity index is 1430. The van der Waals surface area contributed by atoms with E-state index in [2.05, 4.69) is 25.4 Å². The topological polar surface area (TPSA) is 121 Å². The predicted molar refractivity (Wildman–Crippen MR) is 140 cm³/mol. The van der Waals surface area contributed by atoms with Gasteiger partial charge in [0.05, 0.1) is 44.2 Å². The van der Waals surface area contributed by atoms with Crippen molar-refractivity contribution in [3.05, 3.63) is 64.1 Å². The largest absolute Gasteiger partial charge is 0.493 e. The molecule has 1 saturated heterocycles. The predicted octanol–water partition coefficient (Wildman–Crippen LogP) is 3.65. The number of methoxy groups -OCH3 is 2. The molecule has 2 atom stereocenters. The average molecular weight is 523 g/mol. The number of nitrogens with zero attached hydrogens (tertiary/aromatic N) is 5. The molecular weight excluding hydrogens is 488 g/mol. The third-order valence-electron chi connectivity index (χ3n) is 6.81. The zero-order valence-electron chi connectivity index (χ0n) is 22.4. The minimum absolute atomic E-state index is 0.0234. The highest BCUT2D eigenvalue weighted by molar-refractivity contribution is 5.83.